The third-order valence-electron chi connectivity index (χ3n) is 2.00. The van der Waals surface area contributed by atoms with Gasteiger partial charge in [-0.1, -0.05) is 0 Å². The fraction of sp³-hybridized carbons (Fsp3) is 0.333. The molecule has 0 fully saturated rings. The topological polar surface area (TPSA) is 119 Å². The van der Waals surface area contributed by atoms with Gasteiger partial charge >= 0.3 is 5.97 Å². The molecule has 92 valence electrons. The van der Waals surface area contributed by atoms with E-state index < -0.39 is 30.9 Å². The smallest absolute Gasteiger partial charge is 0.323 e. The van der Waals surface area contributed by atoms with Gasteiger partial charge in [-0.3, -0.25) is 19.1 Å². The van der Waals surface area contributed by atoms with E-state index in [0.29, 0.717) is 0 Å². The van der Waals surface area contributed by atoms with Crippen LogP contribution in [-0.4, -0.2) is 50.7 Å². The fourth-order valence-electron chi connectivity index (χ4n) is 1.30. The largest absolute Gasteiger partial charge is 0.480 e. The Morgan fingerprint density at radius 2 is 2.12 bits per heavy atom. The summed E-state index contributed by atoms with van der Waals surface area (Å²) < 4.78 is 1.29. The molecule has 0 saturated heterocycles. The van der Waals surface area contributed by atoms with Gasteiger partial charge in [0.1, 0.15) is 18.8 Å². The highest BCUT2D eigenvalue weighted by molar-refractivity contribution is 5.96. The maximum absolute atomic E-state index is 11.9. The lowest BCUT2D eigenvalue weighted by molar-refractivity contribution is -0.138. The number of carboxylic acids is 1. The molecule has 0 aromatic carbocycles. The molecule has 0 aliphatic rings. The van der Waals surface area contributed by atoms with Crippen LogP contribution < -0.4 is 5.73 Å². The van der Waals surface area contributed by atoms with Crippen molar-refractivity contribution >= 4 is 17.8 Å². The average Bonchev–Trinajstić information content (AvgIpc) is 2.61. The summed E-state index contributed by atoms with van der Waals surface area (Å²) in [5.74, 6) is -2.60. The number of aromatic nitrogens is 2. The summed E-state index contributed by atoms with van der Waals surface area (Å²) in [4.78, 5) is 34.1. The number of nitrogens with zero attached hydrogens (tertiary/aromatic N) is 3. The molecule has 8 nitrogen and oxygen atoms in total. The molecular formula is C9H12N4O4. The molecule has 3 N–H and O–H groups in total. The molecule has 1 heterocycles. The number of rotatable bonds is 5. The van der Waals surface area contributed by atoms with Gasteiger partial charge in [-0.05, 0) is 6.07 Å². The van der Waals surface area contributed by atoms with Gasteiger partial charge in [0, 0.05) is 13.2 Å². The minimum atomic E-state index is -1.22. The molecular weight excluding hydrogens is 228 g/mol. The zero-order valence-electron chi connectivity index (χ0n) is 9.16. The van der Waals surface area contributed by atoms with Crippen LogP contribution in [0.3, 0.4) is 0 Å². The summed E-state index contributed by atoms with van der Waals surface area (Å²) in [6.45, 7) is -1.04. The van der Waals surface area contributed by atoms with Gasteiger partial charge in [0.25, 0.3) is 5.91 Å². The number of primary amides is 1. The van der Waals surface area contributed by atoms with Crippen molar-refractivity contribution in [3.8, 4) is 0 Å². The van der Waals surface area contributed by atoms with E-state index in [-0.39, 0.29) is 5.69 Å². The first kappa shape index (κ1) is 12.7. The first-order valence-electron chi connectivity index (χ1n) is 4.69. The fourth-order valence-corrected chi connectivity index (χ4v) is 1.30. The average molecular weight is 240 g/mol. The second kappa shape index (κ2) is 5.10. The number of carbonyl (C=O) groups is 3. The Hall–Kier alpha value is -2.38. The van der Waals surface area contributed by atoms with Crippen LogP contribution in [0.4, 0.5) is 0 Å². The number of nitrogens with two attached hydrogens (primary N) is 1. The van der Waals surface area contributed by atoms with Crippen LogP contribution in [0.1, 0.15) is 10.5 Å². The molecule has 0 radical (unpaired) electrons. The molecule has 1 aromatic rings. The standard InChI is InChI=1S/C9H12N4O4/c1-12-6(2-3-11-12)9(17)13(4-7(10)14)5-8(15)16/h2-3H,4-5H2,1H3,(H2,10,14)(H,15,16). The lowest BCUT2D eigenvalue weighted by Crippen LogP contribution is -2.42. The van der Waals surface area contributed by atoms with E-state index in [9.17, 15) is 14.4 Å². The van der Waals surface area contributed by atoms with Gasteiger partial charge in [-0.25, -0.2) is 0 Å². The highest BCUT2D eigenvalue weighted by Crippen LogP contribution is 2.03. The molecule has 0 unspecified atom stereocenters. The Morgan fingerprint density at radius 3 is 2.53 bits per heavy atom. The number of aliphatic carboxylic acids is 1. The summed E-state index contributed by atoms with van der Waals surface area (Å²) in [6, 6.07) is 1.43. The zero-order chi connectivity index (χ0) is 13.0. The Labute approximate surface area is 96.6 Å². The summed E-state index contributed by atoms with van der Waals surface area (Å²) in [7, 11) is 1.54. The maximum Gasteiger partial charge on any atom is 0.323 e. The van der Waals surface area contributed by atoms with E-state index >= 15 is 0 Å². The molecule has 17 heavy (non-hydrogen) atoms. The van der Waals surface area contributed by atoms with Gasteiger partial charge in [0.05, 0.1) is 0 Å². The Kier molecular flexibility index (Phi) is 3.81. The number of carboxylic acid groups (broad SMARTS) is 1. The van der Waals surface area contributed by atoms with Crippen molar-refractivity contribution in [3.05, 3.63) is 18.0 Å². The van der Waals surface area contributed by atoms with Gasteiger partial charge in [0.2, 0.25) is 5.91 Å². The van der Waals surface area contributed by atoms with Gasteiger partial charge in [0.15, 0.2) is 0 Å². The van der Waals surface area contributed by atoms with Gasteiger partial charge in [-0.2, -0.15) is 5.10 Å². The summed E-state index contributed by atoms with van der Waals surface area (Å²) in [6.07, 6.45) is 1.40. The monoisotopic (exact) mass is 240 g/mol. The normalized spacial score (nSPS) is 9.94. The van der Waals surface area contributed by atoms with Crippen LogP contribution in [-0.2, 0) is 16.6 Å². The van der Waals surface area contributed by atoms with Crippen LogP contribution >= 0.6 is 0 Å². The molecule has 0 bridgehead atoms. The lowest BCUT2D eigenvalue weighted by Gasteiger charge is -2.18. The number of carbonyl (C=O) groups excluding carboxylic acids is 2. The number of aryl methyl sites for hydroxylation is 1. The molecule has 2 amide bonds. The Morgan fingerprint density at radius 1 is 1.47 bits per heavy atom. The third-order valence-corrected chi connectivity index (χ3v) is 2.00. The van der Waals surface area contributed by atoms with Crippen molar-refractivity contribution in [1.82, 2.24) is 14.7 Å². The van der Waals surface area contributed by atoms with E-state index in [1.807, 2.05) is 0 Å². The van der Waals surface area contributed by atoms with Crippen LogP contribution in [0.5, 0.6) is 0 Å². The van der Waals surface area contributed by atoms with E-state index in [0.717, 1.165) is 4.90 Å². The van der Waals surface area contributed by atoms with Crippen molar-refractivity contribution in [2.24, 2.45) is 12.8 Å². The highest BCUT2D eigenvalue weighted by atomic mass is 16.4. The lowest BCUT2D eigenvalue weighted by atomic mass is 10.3. The molecule has 0 atom stereocenters. The predicted octanol–water partition coefficient (Wildman–Crippen LogP) is -1.57. The first-order valence-corrected chi connectivity index (χ1v) is 4.69. The number of hydrogen-bond acceptors (Lipinski definition) is 4. The molecule has 0 aliphatic carbocycles. The first-order chi connectivity index (χ1) is 7.91. The van der Waals surface area contributed by atoms with Crippen molar-refractivity contribution in [3.63, 3.8) is 0 Å². The van der Waals surface area contributed by atoms with Gasteiger partial charge in [-0.15, -0.1) is 0 Å². The summed E-state index contributed by atoms with van der Waals surface area (Å²) in [5, 5.41) is 12.4. The van der Waals surface area contributed by atoms with E-state index in [2.05, 4.69) is 5.10 Å². The van der Waals surface area contributed by atoms with Crippen molar-refractivity contribution in [1.29, 1.82) is 0 Å². The van der Waals surface area contributed by atoms with Crippen molar-refractivity contribution in [2.45, 2.75) is 0 Å². The van der Waals surface area contributed by atoms with Gasteiger partial charge < -0.3 is 15.7 Å². The van der Waals surface area contributed by atoms with E-state index in [1.54, 1.807) is 0 Å². The number of amides is 2. The van der Waals surface area contributed by atoms with Crippen LogP contribution in [0.25, 0.3) is 0 Å². The van der Waals surface area contributed by atoms with E-state index in [1.165, 1.54) is 24.0 Å². The van der Waals surface area contributed by atoms with Crippen molar-refractivity contribution < 1.29 is 19.5 Å². The molecule has 0 saturated carbocycles. The third kappa shape index (κ3) is 3.30. The predicted molar refractivity (Wildman–Crippen MR) is 55.9 cm³/mol. The summed E-state index contributed by atoms with van der Waals surface area (Å²) >= 11 is 0. The summed E-state index contributed by atoms with van der Waals surface area (Å²) in [5.41, 5.74) is 5.14. The van der Waals surface area contributed by atoms with Crippen LogP contribution in [0.15, 0.2) is 12.3 Å². The second-order valence-corrected chi connectivity index (χ2v) is 3.36. The quantitative estimate of drug-likeness (QED) is 0.644. The van der Waals surface area contributed by atoms with E-state index in [4.69, 9.17) is 10.8 Å². The van der Waals surface area contributed by atoms with Crippen molar-refractivity contribution in [2.75, 3.05) is 13.1 Å². The zero-order valence-corrected chi connectivity index (χ0v) is 9.16. The Bertz CT molecular complexity index is 438. The minimum absolute atomic E-state index is 0.188. The Balaban J connectivity index is 2.90. The molecule has 1 rings (SSSR count). The molecule has 0 spiro atoms. The second-order valence-electron chi connectivity index (χ2n) is 3.36. The SMILES string of the molecule is Cn1nccc1C(=O)N(CC(N)=O)CC(=O)O. The highest BCUT2D eigenvalue weighted by Gasteiger charge is 2.22. The molecule has 1 aromatic heterocycles. The van der Waals surface area contributed by atoms with Crippen LogP contribution in [0, 0.1) is 0 Å². The van der Waals surface area contributed by atoms with Crippen LogP contribution in [0.2, 0.25) is 0 Å². The molecule has 0 aliphatic heterocycles. The maximum atomic E-state index is 11.9. The minimum Gasteiger partial charge on any atom is -0.480 e. The molecule has 8 heteroatoms. The number of hydrogen-bond donors (Lipinski definition) is 2.